The average Bonchev–Trinajstić information content (AvgIpc) is 2.59. The third-order valence-corrected chi connectivity index (χ3v) is 4.78. The molecular weight excluding hydrogens is 290 g/mol. The van der Waals surface area contributed by atoms with E-state index in [4.69, 9.17) is 5.11 Å². The highest BCUT2D eigenvalue weighted by molar-refractivity contribution is 5.86. The van der Waals surface area contributed by atoms with Crippen LogP contribution < -0.4 is 5.32 Å². The maximum Gasteiger partial charge on any atom is 0.306 e. The fraction of sp³-hybridized carbons (Fsp3) is 0.368. The molecule has 1 aliphatic rings. The second kappa shape index (κ2) is 6.82. The number of amides is 1. The lowest BCUT2D eigenvalue weighted by Gasteiger charge is -2.25. The van der Waals surface area contributed by atoms with Gasteiger partial charge >= 0.3 is 5.97 Å². The summed E-state index contributed by atoms with van der Waals surface area (Å²) in [5.74, 6) is -1.03. The van der Waals surface area contributed by atoms with Gasteiger partial charge < -0.3 is 10.4 Å². The summed E-state index contributed by atoms with van der Waals surface area (Å²) >= 11 is 0. The van der Waals surface area contributed by atoms with Crippen LogP contribution in [0.3, 0.4) is 0 Å². The Morgan fingerprint density at radius 2 is 1.61 bits per heavy atom. The zero-order valence-electron chi connectivity index (χ0n) is 13.0. The third kappa shape index (κ3) is 3.52. The van der Waals surface area contributed by atoms with Crippen LogP contribution in [-0.4, -0.2) is 17.0 Å². The minimum atomic E-state index is -0.736. The smallest absolute Gasteiger partial charge is 0.306 e. The van der Waals surface area contributed by atoms with Crippen LogP contribution in [0.2, 0.25) is 0 Å². The van der Waals surface area contributed by atoms with Gasteiger partial charge in [-0.2, -0.15) is 0 Å². The van der Waals surface area contributed by atoms with Crippen molar-refractivity contribution in [1.29, 1.82) is 0 Å². The molecule has 2 aromatic rings. The Bertz CT molecular complexity index is 712. The molecule has 1 fully saturated rings. The lowest BCUT2D eigenvalue weighted by atomic mass is 9.81. The molecule has 1 saturated carbocycles. The van der Waals surface area contributed by atoms with Gasteiger partial charge in [0.25, 0.3) is 0 Å². The maximum absolute atomic E-state index is 12.3. The number of carbonyl (C=O) groups excluding carboxylic acids is 1. The van der Waals surface area contributed by atoms with E-state index in [1.54, 1.807) is 0 Å². The van der Waals surface area contributed by atoms with Crippen molar-refractivity contribution in [2.75, 3.05) is 0 Å². The fourth-order valence-electron chi connectivity index (χ4n) is 3.38. The van der Waals surface area contributed by atoms with Crippen molar-refractivity contribution in [2.24, 2.45) is 11.8 Å². The number of carbonyl (C=O) groups is 2. The van der Waals surface area contributed by atoms with Crippen molar-refractivity contribution in [3.63, 3.8) is 0 Å². The summed E-state index contributed by atoms with van der Waals surface area (Å²) in [6.07, 6.45) is 2.53. The Hall–Kier alpha value is -2.36. The maximum atomic E-state index is 12.3. The van der Waals surface area contributed by atoms with Gasteiger partial charge in [0.2, 0.25) is 5.91 Å². The Morgan fingerprint density at radius 1 is 0.957 bits per heavy atom. The van der Waals surface area contributed by atoms with Crippen molar-refractivity contribution in [2.45, 2.75) is 32.2 Å². The zero-order valence-corrected chi connectivity index (χ0v) is 13.0. The number of hydrogen-bond donors (Lipinski definition) is 2. The van der Waals surface area contributed by atoms with Crippen LogP contribution >= 0.6 is 0 Å². The van der Waals surface area contributed by atoms with Crippen LogP contribution in [0.1, 0.15) is 31.2 Å². The molecule has 0 saturated heterocycles. The SMILES string of the molecule is O=C(O)C1CCC(C(=O)NCc2cccc3ccccc23)CC1. The van der Waals surface area contributed by atoms with E-state index in [0.717, 1.165) is 10.9 Å². The molecule has 0 aromatic heterocycles. The molecule has 0 bridgehead atoms. The Balaban J connectivity index is 1.60. The van der Waals surface area contributed by atoms with Crippen LogP contribution in [0.25, 0.3) is 10.8 Å². The Kier molecular flexibility index (Phi) is 4.60. The molecule has 3 rings (SSSR count). The molecule has 1 aliphatic carbocycles. The minimum absolute atomic E-state index is 0.0433. The molecular formula is C19H21NO3. The minimum Gasteiger partial charge on any atom is -0.481 e. The summed E-state index contributed by atoms with van der Waals surface area (Å²) in [6.45, 7) is 0.513. The average molecular weight is 311 g/mol. The van der Waals surface area contributed by atoms with E-state index in [1.165, 1.54) is 5.39 Å². The number of carboxylic acids is 1. The second-order valence-corrected chi connectivity index (χ2v) is 6.24. The largest absolute Gasteiger partial charge is 0.481 e. The second-order valence-electron chi connectivity index (χ2n) is 6.24. The van der Waals surface area contributed by atoms with Crippen molar-refractivity contribution < 1.29 is 14.7 Å². The predicted octanol–water partition coefficient (Wildman–Crippen LogP) is 3.35. The van der Waals surface area contributed by atoms with Crippen LogP contribution in [0.15, 0.2) is 42.5 Å². The van der Waals surface area contributed by atoms with Gasteiger partial charge in [0.05, 0.1) is 5.92 Å². The molecule has 120 valence electrons. The summed E-state index contributed by atoms with van der Waals surface area (Å²) in [7, 11) is 0. The Labute approximate surface area is 135 Å². The first-order chi connectivity index (χ1) is 11.1. The van der Waals surface area contributed by atoms with Gasteiger partial charge in [-0.05, 0) is 42.0 Å². The van der Waals surface area contributed by atoms with Crippen molar-refractivity contribution in [3.05, 3.63) is 48.0 Å². The first kappa shape index (κ1) is 15.5. The summed E-state index contributed by atoms with van der Waals surface area (Å²) < 4.78 is 0. The summed E-state index contributed by atoms with van der Waals surface area (Å²) in [5, 5.41) is 14.4. The normalized spacial score (nSPS) is 21.0. The number of hydrogen-bond acceptors (Lipinski definition) is 2. The first-order valence-electron chi connectivity index (χ1n) is 8.12. The lowest BCUT2D eigenvalue weighted by Crippen LogP contribution is -2.34. The van der Waals surface area contributed by atoms with Crippen molar-refractivity contribution in [1.82, 2.24) is 5.32 Å². The number of benzene rings is 2. The molecule has 23 heavy (non-hydrogen) atoms. The zero-order chi connectivity index (χ0) is 16.2. The molecule has 0 unspecified atom stereocenters. The number of aliphatic carboxylic acids is 1. The Morgan fingerprint density at radius 3 is 2.35 bits per heavy atom. The van der Waals surface area contributed by atoms with Gasteiger partial charge in [-0.25, -0.2) is 0 Å². The fourth-order valence-corrected chi connectivity index (χ4v) is 3.38. The number of fused-ring (bicyclic) bond motifs is 1. The predicted molar refractivity (Wildman–Crippen MR) is 88.9 cm³/mol. The van der Waals surface area contributed by atoms with Gasteiger partial charge in [-0.1, -0.05) is 42.5 Å². The molecule has 0 aliphatic heterocycles. The molecule has 4 nitrogen and oxygen atoms in total. The van der Waals surface area contributed by atoms with E-state index in [-0.39, 0.29) is 17.7 Å². The van der Waals surface area contributed by atoms with E-state index >= 15 is 0 Å². The van der Waals surface area contributed by atoms with Gasteiger partial charge in [0.1, 0.15) is 0 Å². The summed E-state index contributed by atoms with van der Waals surface area (Å²) in [6, 6.07) is 14.2. The highest BCUT2D eigenvalue weighted by Gasteiger charge is 2.29. The van der Waals surface area contributed by atoms with Gasteiger partial charge in [0.15, 0.2) is 0 Å². The highest BCUT2D eigenvalue weighted by Crippen LogP contribution is 2.29. The number of nitrogens with one attached hydrogen (secondary N) is 1. The molecule has 0 heterocycles. The van der Waals surface area contributed by atoms with Crippen LogP contribution in [0.4, 0.5) is 0 Å². The van der Waals surface area contributed by atoms with Crippen molar-refractivity contribution >= 4 is 22.6 Å². The number of carboxylic acid groups (broad SMARTS) is 1. The topological polar surface area (TPSA) is 66.4 Å². The summed E-state index contributed by atoms with van der Waals surface area (Å²) in [4.78, 5) is 23.3. The van der Waals surface area contributed by atoms with Crippen LogP contribution in [-0.2, 0) is 16.1 Å². The van der Waals surface area contributed by atoms with E-state index in [9.17, 15) is 9.59 Å². The van der Waals surface area contributed by atoms with E-state index in [2.05, 4.69) is 23.5 Å². The van der Waals surface area contributed by atoms with Crippen LogP contribution in [0, 0.1) is 11.8 Å². The van der Waals surface area contributed by atoms with E-state index in [1.807, 2.05) is 24.3 Å². The van der Waals surface area contributed by atoms with Gasteiger partial charge in [0, 0.05) is 12.5 Å². The monoisotopic (exact) mass is 311 g/mol. The lowest BCUT2D eigenvalue weighted by molar-refractivity contribution is -0.144. The first-order valence-corrected chi connectivity index (χ1v) is 8.12. The van der Waals surface area contributed by atoms with E-state index in [0.29, 0.717) is 32.2 Å². The molecule has 0 atom stereocenters. The van der Waals surface area contributed by atoms with Gasteiger partial charge in [-0.3, -0.25) is 9.59 Å². The third-order valence-electron chi connectivity index (χ3n) is 4.78. The quantitative estimate of drug-likeness (QED) is 0.910. The summed E-state index contributed by atoms with van der Waals surface area (Å²) in [5.41, 5.74) is 1.11. The highest BCUT2D eigenvalue weighted by atomic mass is 16.4. The standard InChI is InChI=1S/C19H21NO3/c21-18(14-8-10-15(11-9-14)19(22)23)20-12-16-6-3-5-13-4-1-2-7-17(13)16/h1-7,14-15H,8-12H2,(H,20,21)(H,22,23). The van der Waals surface area contributed by atoms with E-state index < -0.39 is 5.97 Å². The molecule has 0 spiro atoms. The molecule has 0 radical (unpaired) electrons. The van der Waals surface area contributed by atoms with Gasteiger partial charge in [-0.15, -0.1) is 0 Å². The molecule has 2 aromatic carbocycles. The van der Waals surface area contributed by atoms with Crippen molar-refractivity contribution in [3.8, 4) is 0 Å². The van der Waals surface area contributed by atoms with Crippen LogP contribution in [0.5, 0.6) is 0 Å². The number of rotatable bonds is 4. The molecule has 4 heteroatoms. The molecule has 1 amide bonds. The molecule has 2 N–H and O–H groups in total.